The first-order valence-corrected chi connectivity index (χ1v) is 6.32. The van der Waals surface area contributed by atoms with Gasteiger partial charge in [0.1, 0.15) is 11.9 Å². The Balaban J connectivity index is 2.35. The second kappa shape index (κ2) is 4.92. The molecule has 0 saturated carbocycles. The Kier molecular flexibility index (Phi) is 3.09. The zero-order chi connectivity index (χ0) is 14.1. The van der Waals surface area contributed by atoms with Crippen LogP contribution in [0.4, 0.5) is 4.39 Å². The van der Waals surface area contributed by atoms with E-state index in [2.05, 4.69) is 11.1 Å². The van der Waals surface area contributed by atoms with Crippen LogP contribution in [0.1, 0.15) is 5.56 Å². The SMILES string of the molecule is N#Cc1cc2ccc(F)cc2nc1-c1ccccc1Cl. The van der Waals surface area contributed by atoms with Crippen LogP contribution >= 0.6 is 11.6 Å². The molecule has 0 atom stereocenters. The van der Waals surface area contributed by atoms with Gasteiger partial charge < -0.3 is 0 Å². The predicted octanol–water partition coefficient (Wildman–Crippen LogP) is 4.57. The minimum absolute atomic E-state index is 0.361. The van der Waals surface area contributed by atoms with E-state index in [0.717, 1.165) is 5.39 Å². The molecule has 1 heterocycles. The van der Waals surface area contributed by atoms with E-state index in [1.807, 2.05) is 6.07 Å². The summed E-state index contributed by atoms with van der Waals surface area (Å²) in [5.41, 5.74) is 2.05. The van der Waals surface area contributed by atoms with Crippen molar-refractivity contribution in [3.8, 4) is 17.3 Å². The fraction of sp³-hybridized carbons (Fsp3) is 0. The van der Waals surface area contributed by atoms with Crippen molar-refractivity contribution in [3.05, 3.63) is 64.9 Å². The molecule has 1 aromatic heterocycles. The van der Waals surface area contributed by atoms with E-state index in [4.69, 9.17) is 11.6 Å². The van der Waals surface area contributed by atoms with Gasteiger partial charge in [-0.2, -0.15) is 5.26 Å². The highest BCUT2D eigenvalue weighted by molar-refractivity contribution is 6.33. The van der Waals surface area contributed by atoms with Gasteiger partial charge in [0.15, 0.2) is 0 Å². The number of hydrogen-bond donors (Lipinski definition) is 0. The van der Waals surface area contributed by atoms with Gasteiger partial charge in [0.2, 0.25) is 0 Å². The largest absolute Gasteiger partial charge is 0.246 e. The van der Waals surface area contributed by atoms with E-state index < -0.39 is 0 Å². The molecule has 0 aliphatic carbocycles. The maximum Gasteiger partial charge on any atom is 0.125 e. The number of nitriles is 1. The highest BCUT2D eigenvalue weighted by Gasteiger charge is 2.12. The van der Waals surface area contributed by atoms with Crippen molar-refractivity contribution in [2.24, 2.45) is 0 Å². The quantitative estimate of drug-likeness (QED) is 0.656. The fourth-order valence-corrected chi connectivity index (χ4v) is 2.31. The average Bonchev–Trinajstić information content (AvgIpc) is 2.46. The summed E-state index contributed by atoms with van der Waals surface area (Å²) < 4.78 is 13.3. The lowest BCUT2D eigenvalue weighted by Crippen LogP contribution is -1.92. The molecule has 4 heteroatoms. The highest BCUT2D eigenvalue weighted by Crippen LogP contribution is 2.30. The molecule has 0 amide bonds. The maximum atomic E-state index is 13.3. The van der Waals surface area contributed by atoms with Crippen LogP contribution in [0.15, 0.2) is 48.5 Å². The van der Waals surface area contributed by atoms with Crippen LogP contribution in [0.25, 0.3) is 22.2 Å². The molecule has 0 spiro atoms. The minimum Gasteiger partial charge on any atom is -0.246 e. The monoisotopic (exact) mass is 282 g/mol. The van der Waals surface area contributed by atoms with E-state index in [1.54, 1.807) is 30.3 Å². The molecule has 0 radical (unpaired) electrons. The van der Waals surface area contributed by atoms with Gasteiger partial charge in [-0.05, 0) is 24.3 Å². The Morgan fingerprint density at radius 1 is 1.10 bits per heavy atom. The zero-order valence-corrected chi connectivity index (χ0v) is 11.0. The van der Waals surface area contributed by atoms with Crippen molar-refractivity contribution in [1.29, 1.82) is 5.26 Å². The van der Waals surface area contributed by atoms with Gasteiger partial charge in [0, 0.05) is 17.0 Å². The first-order chi connectivity index (χ1) is 9.69. The normalized spacial score (nSPS) is 10.4. The molecular weight excluding hydrogens is 275 g/mol. The number of rotatable bonds is 1. The molecule has 2 nitrogen and oxygen atoms in total. The molecule has 0 N–H and O–H groups in total. The van der Waals surface area contributed by atoms with Gasteiger partial charge in [0.25, 0.3) is 0 Å². The Morgan fingerprint density at radius 2 is 1.90 bits per heavy atom. The number of pyridine rings is 1. The molecule has 3 aromatic rings. The molecule has 0 aliphatic heterocycles. The standard InChI is InChI=1S/C16H8ClFN2/c17-14-4-2-1-3-13(14)16-11(9-19)7-10-5-6-12(18)8-15(10)20-16/h1-8H. The van der Waals surface area contributed by atoms with Crippen LogP contribution in [0.3, 0.4) is 0 Å². The molecule has 2 aromatic carbocycles. The molecule has 0 saturated heterocycles. The summed E-state index contributed by atoms with van der Waals surface area (Å²) in [6.07, 6.45) is 0. The van der Waals surface area contributed by atoms with Crippen LogP contribution in [0.5, 0.6) is 0 Å². The van der Waals surface area contributed by atoms with Crippen molar-refractivity contribution >= 4 is 22.5 Å². The number of hydrogen-bond acceptors (Lipinski definition) is 2. The molecule has 0 bridgehead atoms. The van der Waals surface area contributed by atoms with Crippen molar-refractivity contribution in [3.63, 3.8) is 0 Å². The maximum absolute atomic E-state index is 13.3. The highest BCUT2D eigenvalue weighted by atomic mass is 35.5. The van der Waals surface area contributed by atoms with E-state index in [-0.39, 0.29) is 5.82 Å². The molecule has 0 fully saturated rings. The average molecular weight is 283 g/mol. The number of benzene rings is 2. The fourth-order valence-electron chi connectivity index (χ4n) is 2.08. The Bertz CT molecular complexity index is 853. The van der Waals surface area contributed by atoms with Crippen LogP contribution < -0.4 is 0 Å². The summed E-state index contributed by atoms with van der Waals surface area (Å²) in [4.78, 5) is 4.39. The molecule has 0 unspecified atom stereocenters. The summed E-state index contributed by atoms with van der Waals surface area (Å²) >= 11 is 6.15. The Morgan fingerprint density at radius 3 is 2.65 bits per heavy atom. The summed E-state index contributed by atoms with van der Waals surface area (Å²) in [6.45, 7) is 0. The Labute approximate surface area is 120 Å². The van der Waals surface area contributed by atoms with Crippen LogP contribution in [-0.2, 0) is 0 Å². The van der Waals surface area contributed by atoms with Gasteiger partial charge in [0.05, 0.1) is 21.8 Å². The molecule has 20 heavy (non-hydrogen) atoms. The lowest BCUT2D eigenvalue weighted by Gasteiger charge is -2.07. The number of aromatic nitrogens is 1. The molecule has 0 aliphatic rings. The smallest absolute Gasteiger partial charge is 0.125 e. The van der Waals surface area contributed by atoms with Gasteiger partial charge in [-0.1, -0.05) is 29.8 Å². The van der Waals surface area contributed by atoms with Crippen molar-refractivity contribution in [2.45, 2.75) is 0 Å². The topological polar surface area (TPSA) is 36.7 Å². The summed E-state index contributed by atoms with van der Waals surface area (Å²) in [7, 11) is 0. The van der Waals surface area contributed by atoms with Crippen molar-refractivity contribution in [2.75, 3.05) is 0 Å². The van der Waals surface area contributed by atoms with Crippen LogP contribution in [-0.4, -0.2) is 4.98 Å². The number of halogens is 2. The summed E-state index contributed by atoms with van der Waals surface area (Å²) in [5.74, 6) is -0.361. The van der Waals surface area contributed by atoms with Crippen LogP contribution in [0.2, 0.25) is 5.02 Å². The van der Waals surface area contributed by atoms with Crippen LogP contribution in [0, 0.1) is 17.1 Å². The third-order valence-corrected chi connectivity index (χ3v) is 3.36. The summed E-state index contributed by atoms with van der Waals surface area (Å²) in [6, 6.07) is 15.2. The van der Waals surface area contributed by atoms with Gasteiger partial charge >= 0.3 is 0 Å². The number of nitrogens with zero attached hydrogens (tertiary/aromatic N) is 2. The van der Waals surface area contributed by atoms with Crippen molar-refractivity contribution in [1.82, 2.24) is 4.98 Å². The molecular formula is C16H8ClFN2. The third kappa shape index (κ3) is 2.11. The second-order valence-corrected chi connectivity index (χ2v) is 4.72. The Hall–Kier alpha value is -2.44. The zero-order valence-electron chi connectivity index (χ0n) is 10.3. The lowest BCUT2D eigenvalue weighted by atomic mass is 10.0. The predicted molar refractivity (Wildman–Crippen MR) is 76.9 cm³/mol. The summed E-state index contributed by atoms with van der Waals surface area (Å²) in [5, 5.41) is 10.5. The van der Waals surface area contributed by atoms with Crippen molar-refractivity contribution < 1.29 is 4.39 Å². The first kappa shape index (κ1) is 12.6. The van der Waals surface area contributed by atoms with E-state index in [9.17, 15) is 9.65 Å². The van der Waals surface area contributed by atoms with E-state index in [1.165, 1.54) is 12.1 Å². The van der Waals surface area contributed by atoms with Gasteiger partial charge in [-0.25, -0.2) is 9.37 Å². The number of fused-ring (bicyclic) bond motifs is 1. The minimum atomic E-state index is -0.361. The van der Waals surface area contributed by atoms with E-state index in [0.29, 0.717) is 27.4 Å². The third-order valence-electron chi connectivity index (χ3n) is 3.03. The lowest BCUT2D eigenvalue weighted by molar-refractivity contribution is 0.629. The van der Waals surface area contributed by atoms with Gasteiger partial charge in [-0.3, -0.25) is 0 Å². The first-order valence-electron chi connectivity index (χ1n) is 5.94. The van der Waals surface area contributed by atoms with Gasteiger partial charge in [-0.15, -0.1) is 0 Å². The molecule has 3 rings (SSSR count). The van der Waals surface area contributed by atoms with E-state index >= 15 is 0 Å². The second-order valence-electron chi connectivity index (χ2n) is 4.31. The molecule has 96 valence electrons.